The number of anilines is 2. The maximum Gasteiger partial charge on any atom is 0.305 e. The molecule has 5 atom stereocenters. The molecule has 11 nitrogen and oxygen atoms in total. The molecule has 3 amide bonds. The number of nitrogens with one attached hydrogen (secondary N) is 1. The molecule has 6 rings (SSSR count). The molecule has 0 aliphatic carbocycles. The van der Waals surface area contributed by atoms with Gasteiger partial charge in [-0.15, -0.1) is 0 Å². The largest absolute Gasteiger partial charge is 0.497 e. The number of methoxy groups -OCH3 is 2. The summed E-state index contributed by atoms with van der Waals surface area (Å²) in [6.45, 7) is 7.44. The van der Waals surface area contributed by atoms with Crippen LogP contribution in [0.15, 0.2) is 72.8 Å². The maximum absolute atomic E-state index is 15.1. The number of unbranched alkanes of at least 4 members (excludes halogenated alkanes) is 1. The van der Waals surface area contributed by atoms with E-state index in [4.69, 9.17) is 14.2 Å². The van der Waals surface area contributed by atoms with Crippen LogP contribution in [0.5, 0.6) is 5.75 Å². The molecule has 0 radical (unpaired) electrons. The Balaban J connectivity index is 1.42. The zero-order valence-corrected chi connectivity index (χ0v) is 32.3. The molecule has 3 aliphatic rings. The summed E-state index contributed by atoms with van der Waals surface area (Å²) >= 11 is 0. The lowest BCUT2D eigenvalue weighted by Crippen LogP contribution is -2.52. The molecule has 282 valence electrons. The van der Waals surface area contributed by atoms with Gasteiger partial charge < -0.3 is 34.4 Å². The number of rotatable bonds is 13. The molecule has 3 aromatic carbocycles. The van der Waals surface area contributed by atoms with Gasteiger partial charge >= 0.3 is 5.97 Å². The van der Waals surface area contributed by atoms with Gasteiger partial charge in [-0.1, -0.05) is 55.5 Å². The fourth-order valence-corrected chi connectivity index (χ4v) is 12.9. The Hall–Kier alpha value is -4.52. The Labute approximate surface area is 312 Å². The highest BCUT2D eigenvalue weighted by Crippen LogP contribution is 2.60. The number of carbonyl (C=O) groups is 4. The zero-order chi connectivity index (χ0) is 37.9. The number of nitrogens with zero attached hydrogens (tertiary/aromatic N) is 2. The van der Waals surface area contributed by atoms with Crippen molar-refractivity contribution in [2.45, 2.75) is 81.8 Å². The Bertz CT molecular complexity index is 1820. The number of esters is 1. The molecule has 0 unspecified atom stereocenters. The highest BCUT2D eigenvalue weighted by atomic mass is 28.3. The standard InChI is InChI=1S/C41H51N3O8Si/c1-27-38(53(4,5)32-19-17-31(50-2)18-20-32)35(25-36(46)43-23-11-14-30(43)26-45)52-41(27)33-24-29(42-39(48)28-12-7-6-8-13-28)16-21-34(33)44(40(41)49)22-10-9-15-37(47)51-3/h6-8,12-13,16-21,24,27,30,35,38,45H,9-11,14-15,22-23,25-26H2,1-5H3,(H,42,48)/t27-,30-,35+,38-,41+/m0/s1. The molecule has 1 spiro atoms. The number of ether oxygens (including phenoxy) is 3. The van der Waals surface area contributed by atoms with Crippen LogP contribution in [-0.2, 0) is 29.5 Å². The smallest absolute Gasteiger partial charge is 0.305 e. The molecule has 12 heteroatoms. The van der Waals surface area contributed by atoms with Gasteiger partial charge in [0.1, 0.15) is 5.75 Å². The first-order chi connectivity index (χ1) is 25.5. The van der Waals surface area contributed by atoms with E-state index in [9.17, 15) is 19.5 Å². The average molecular weight is 742 g/mol. The molecule has 2 fully saturated rings. The van der Waals surface area contributed by atoms with Crippen molar-refractivity contribution in [2.75, 3.05) is 44.1 Å². The van der Waals surface area contributed by atoms with E-state index in [1.54, 1.807) is 47.2 Å². The van der Waals surface area contributed by atoms with Gasteiger partial charge in [0.15, 0.2) is 5.60 Å². The lowest BCUT2D eigenvalue weighted by molar-refractivity contribution is -0.150. The number of likely N-dealkylation sites (tertiary alicyclic amines) is 1. The second kappa shape index (κ2) is 15.8. The number of hydrogen-bond acceptors (Lipinski definition) is 8. The highest BCUT2D eigenvalue weighted by Gasteiger charge is 2.66. The maximum atomic E-state index is 15.1. The molecule has 0 bridgehead atoms. The predicted octanol–water partition coefficient (Wildman–Crippen LogP) is 5.23. The Kier molecular flexibility index (Phi) is 11.4. The first-order valence-corrected chi connectivity index (χ1v) is 21.7. The van der Waals surface area contributed by atoms with Gasteiger partial charge in [0.2, 0.25) is 5.91 Å². The van der Waals surface area contributed by atoms with Crippen LogP contribution in [0, 0.1) is 5.92 Å². The second-order valence-electron chi connectivity index (χ2n) is 15.0. The summed E-state index contributed by atoms with van der Waals surface area (Å²) in [5, 5.41) is 14.2. The monoisotopic (exact) mass is 741 g/mol. The topological polar surface area (TPSA) is 135 Å². The van der Waals surface area contributed by atoms with Crippen molar-refractivity contribution < 1.29 is 38.5 Å². The quantitative estimate of drug-likeness (QED) is 0.138. The number of benzene rings is 3. The van der Waals surface area contributed by atoms with Crippen molar-refractivity contribution in [3.63, 3.8) is 0 Å². The first kappa shape index (κ1) is 38.2. The molecule has 0 saturated carbocycles. The number of amides is 3. The summed E-state index contributed by atoms with van der Waals surface area (Å²) in [7, 11) is 0.465. The molecule has 53 heavy (non-hydrogen) atoms. The lowest BCUT2D eigenvalue weighted by atomic mass is 9.82. The first-order valence-electron chi connectivity index (χ1n) is 18.6. The van der Waals surface area contributed by atoms with Gasteiger partial charge in [0.05, 0.1) is 53.2 Å². The minimum atomic E-state index is -2.53. The van der Waals surface area contributed by atoms with E-state index < -0.39 is 19.8 Å². The van der Waals surface area contributed by atoms with Crippen molar-refractivity contribution in [2.24, 2.45) is 5.92 Å². The second-order valence-corrected chi connectivity index (χ2v) is 19.7. The summed E-state index contributed by atoms with van der Waals surface area (Å²) in [5.41, 5.74) is 0.770. The summed E-state index contributed by atoms with van der Waals surface area (Å²) in [4.78, 5) is 57.9. The minimum absolute atomic E-state index is 0.0754. The molecule has 2 saturated heterocycles. The van der Waals surface area contributed by atoms with Gasteiger partial charge in [-0.2, -0.15) is 0 Å². The number of fused-ring (bicyclic) bond motifs is 2. The van der Waals surface area contributed by atoms with Gasteiger partial charge in [-0.05, 0) is 73.7 Å². The fourth-order valence-electron chi connectivity index (χ4n) is 8.89. The average Bonchev–Trinajstić information content (AvgIpc) is 3.83. The van der Waals surface area contributed by atoms with Crippen LogP contribution in [0.25, 0.3) is 0 Å². The highest BCUT2D eigenvalue weighted by molar-refractivity contribution is 6.91. The molecular weight excluding hydrogens is 691 g/mol. The summed E-state index contributed by atoms with van der Waals surface area (Å²) < 4.78 is 17.5. The third-order valence-corrected chi connectivity index (χ3v) is 16.0. The summed E-state index contributed by atoms with van der Waals surface area (Å²) in [6.07, 6.45) is 2.40. The molecule has 0 aromatic heterocycles. The van der Waals surface area contributed by atoms with Gasteiger partial charge in [0, 0.05) is 42.2 Å². The molecule has 2 N–H and O–H groups in total. The van der Waals surface area contributed by atoms with Crippen LogP contribution in [0.1, 0.15) is 61.4 Å². The van der Waals surface area contributed by atoms with Gasteiger partial charge in [0.25, 0.3) is 11.8 Å². The molecule has 3 aliphatic heterocycles. The molecular formula is C41H51N3O8Si. The van der Waals surface area contributed by atoms with Crippen LogP contribution in [0.4, 0.5) is 11.4 Å². The van der Waals surface area contributed by atoms with Crippen molar-refractivity contribution >= 4 is 48.3 Å². The summed E-state index contributed by atoms with van der Waals surface area (Å²) in [5.74, 6) is -0.490. The van der Waals surface area contributed by atoms with Crippen LogP contribution in [0.2, 0.25) is 18.6 Å². The van der Waals surface area contributed by atoms with E-state index in [1.807, 2.05) is 30.3 Å². The van der Waals surface area contributed by atoms with Gasteiger partial charge in [-0.25, -0.2) is 0 Å². The fraction of sp³-hybridized carbons (Fsp3) is 0.463. The van der Waals surface area contributed by atoms with Crippen molar-refractivity contribution in [3.8, 4) is 5.75 Å². The van der Waals surface area contributed by atoms with E-state index in [2.05, 4.69) is 37.5 Å². The summed E-state index contributed by atoms with van der Waals surface area (Å²) in [6, 6.07) is 22.3. The third-order valence-electron chi connectivity index (χ3n) is 11.7. The molecule has 3 heterocycles. The SMILES string of the molecule is COC(=O)CCCCN1C(=O)[C@]2(O[C@H](CC(=O)N3CCC[C@H]3CO)[C@@H]([Si](C)(C)c3ccc(OC)cc3)[C@@H]2C)c2cc(NC(=O)c3ccccc3)ccc21. The zero-order valence-electron chi connectivity index (χ0n) is 31.3. The van der Waals surface area contributed by atoms with E-state index in [1.165, 1.54) is 7.11 Å². The lowest BCUT2D eigenvalue weighted by Gasteiger charge is -2.37. The molecule has 3 aromatic rings. The van der Waals surface area contributed by atoms with Crippen LogP contribution >= 0.6 is 0 Å². The van der Waals surface area contributed by atoms with Crippen LogP contribution in [-0.4, -0.2) is 87.8 Å². The van der Waals surface area contributed by atoms with Gasteiger partial charge in [-0.3, -0.25) is 19.2 Å². The predicted molar refractivity (Wildman–Crippen MR) is 205 cm³/mol. The van der Waals surface area contributed by atoms with E-state index in [0.29, 0.717) is 48.4 Å². The minimum Gasteiger partial charge on any atom is -0.497 e. The number of carbonyl (C=O) groups excluding carboxylic acids is 4. The van der Waals surface area contributed by atoms with Crippen LogP contribution < -0.4 is 20.1 Å². The third kappa shape index (κ3) is 7.24. The normalized spacial score (nSPS) is 23.7. The number of aliphatic hydroxyl groups excluding tert-OH is 1. The Morgan fingerprint density at radius 2 is 1.75 bits per heavy atom. The van der Waals surface area contributed by atoms with E-state index >= 15 is 4.79 Å². The van der Waals surface area contributed by atoms with Crippen molar-refractivity contribution in [1.29, 1.82) is 0 Å². The Morgan fingerprint density at radius 3 is 2.43 bits per heavy atom. The van der Waals surface area contributed by atoms with Crippen LogP contribution in [0.3, 0.4) is 0 Å². The van der Waals surface area contributed by atoms with Crippen molar-refractivity contribution in [1.82, 2.24) is 4.90 Å². The Morgan fingerprint density at radius 1 is 1.02 bits per heavy atom. The van der Waals surface area contributed by atoms with E-state index in [0.717, 1.165) is 23.8 Å². The van der Waals surface area contributed by atoms with Crippen molar-refractivity contribution in [3.05, 3.63) is 83.9 Å². The number of hydrogen-bond donors (Lipinski definition) is 2. The number of aliphatic hydroxyl groups is 1. The van der Waals surface area contributed by atoms with E-state index in [-0.39, 0.29) is 60.6 Å².